The molecule has 90 valence electrons. The molecule has 0 rings (SSSR count). The summed E-state index contributed by atoms with van der Waals surface area (Å²) in [6, 6.07) is 0. The fraction of sp³-hybridized carbons (Fsp3) is 0.909. The first-order valence-electron chi connectivity index (χ1n) is 5.09. The Kier molecular flexibility index (Phi) is 5.24. The summed E-state index contributed by atoms with van der Waals surface area (Å²) in [7, 11) is 0. The van der Waals surface area contributed by atoms with Crippen molar-refractivity contribution in [1.82, 2.24) is 0 Å². The highest BCUT2D eigenvalue weighted by atomic mass is 16.5. The molecule has 4 heteroatoms. The average molecular weight is 218 g/mol. The maximum absolute atomic E-state index is 10.5. The summed E-state index contributed by atoms with van der Waals surface area (Å²) in [5, 5.41) is 17.7. The molecule has 0 radical (unpaired) electrons. The van der Waals surface area contributed by atoms with E-state index in [4.69, 9.17) is 14.9 Å². The van der Waals surface area contributed by atoms with E-state index in [1.807, 2.05) is 27.7 Å². The molecule has 0 saturated carbocycles. The molecular formula is C11H22O4. The van der Waals surface area contributed by atoms with Crippen LogP contribution in [-0.2, 0) is 9.53 Å². The zero-order chi connectivity index (χ0) is 12.1. The van der Waals surface area contributed by atoms with Crippen LogP contribution in [0.15, 0.2) is 0 Å². The molecule has 0 aromatic rings. The topological polar surface area (TPSA) is 66.8 Å². The number of carboxylic acid groups (broad SMARTS) is 1. The highest BCUT2D eigenvalue weighted by Gasteiger charge is 2.24. The van der Waals surface area contributed by atoms with Gasteiger partial charge in [0.2, 0.25) is 0 Å². The van der Waals surface area contributed by atoms with E-state index < -0.39 is 5.97 Å². The number of aliphatic hydroxyl groups is 1. The van der Waals surface area contributed by atoms with Crippen LogP contribution in [0.4, 0.5) is 0 Å². The van der Waals surface area contributed by atoms with Crippen LogP contribution in [0.25, 0.3) is 0 Å². The first-order valence-corrected chi connectivity index (χ1v) is 5.09. The summed E-state index contributed by atoms with van der Waals surface area (Å²) in [6.07, 6.45) is 0.0898. The minimum atomic E-state index is -0.815. The van der Waals surface area contributed by atoms with Gasteiger partial charge in [0.1, 0.15) is 0 Å². The second-order valence-corrected chi connectivity index (χ2v) is 5.55. The maximum atomic E-state index is 10.5. The third-order valence-corrected chi connectivity index (χ3v) is 2.04. The second kappa shape index (κ2) is 5.47. The van der Waals surface area contributed by atoms with Gasteiger partial charge in [-0.25, -0.2) is 0 Å². The number of aliphatic hydroxyl groups excluding tert-OH is 1. The molecule has 0 atom stereocenters. The van der Waals surface area contributed by atoms with E-state index in [9.17, 15) is 4.79 Å². The zero-order valence-electron chi connectivity index (χ0n) is 10.0. The van der Waals surface area contributed by atoms with Crippen LogP contribution in [0.3, 0.4) is 0 Å². The van der Waals surface area contributed by atoms with Gasteiger partial charge < -0.3 is 14.9 Å². The van der Waals surface area contributed by atoms with Crippen molar-refractivity contribution in [2.45, 2.75) is 34.1 Å². The number of aliphatic carboxylic acids is 1. The van der Waals surface area contributed by atoms with Crippen molar-refractivity contribution in [3.63, 3.8) is 0 Å². The molecule has 0 aromatic heterocycles. The lowest BCUT2D eigenvalue weighted by atomic mass is 9.90. The Labute approximate surface area is 91.3 Å². The lowest BCUT2D eigenvalue weighted by Crippen LogP contribution is -2.29. The summed E-state index contributed by atoms with van der Waals surface area (Å²) < 4.78 is 5.43. The fourth-order valence-electron chi connectivity index (χ4n) is 1.11. The van der Waals surface area contributed by atoms with Crippen LogP contribution < -0.4 is 0 Å². The lowest BCUT2D eigenvalue weighted by Gasteiger charge is -2.26. The van der Waals surface area contributed by atoms with E-state index >= 15 is 0 Å². The third kappa shape index (κ3) is 7.33. The highest BCUT2D eigenvalue weighted by molar-refractivity contribution is 5.67. The Morgan fingerprint density at radius 3 is 2.00 bits per heavy atom. The predicted octanol–water partition coefficient (Wildman–Crippen LogP) is 1.52. The van der Waals surface area contributed by atoms with Crippen molar-refractivity contribution in [2.24, 2.45) is 10.8 Å². The highest BCUT2D eigenvalue weighted by Crippen LogP contribution is 2.22. The molecule has 0 heterocycles. The van der Waals surface area contributed by atoms with Crippen LogP contribution in [0.1, 0.15) is 34.1 Å². The van der Waals surface area contributed by atoms with Crippen molar-refractivity contribution in [3.8, 4) is 0 Å². The second-order valence-electron chi connectivity index (χ2n) is 5.55. The first-order chi connectivity index (χ1) is 6.68. The van der Waals surface area contributed by atoms with Crippen molar-refractivity contribution in [3.05, 3.63) is 0 Å². The smallest absolute Gasteiger partial charge is 0.303 e. The zero-order valence-corrected chi connectivity index (χ0v) is 10.0. The Balaban J connectivity index is 3.89. The molecular weight excluding hydrogens is 196 g/mol. The summed E-state index contributed by atoms with van der Waals surface area (Å²) >= 11 is 0. The molecule has 0 aliphatic heterocycles. The first kappa shape index (κ1) is 14.4. The van der Waals surface area contributed by atoms with Crippen LogP contribution >= 0.6 is 0 Å². The molecule has 0 aliphatic rings. The molecule has 4 nitrogen and oxygen atoms in total. The van der Waals surface area contributed by atoms with Gasteiger partial charge in [0.15, 0.2) is 0 Å². The van der Waals surface area contributed by atoms with E-state index in [0.717, 1.165) is 0 Å². The molecule has 0 aromatic carbocycles. The molecule has 0 fully saturated rings. The quantitative estimate of drug-likeness (QED) is 0.680. The molecule has 15 heavy (non-hydrogen) atoms. The van der Waals surface area contributed by atoms with Crippen molar-refractivity contribution in [1.29, 1.82) is 0 Å². The number of carboxylic acids is 1. The van der Waals surface area contributed by atoms with Gasteiger partial charge in [-0.15, -0.1) is 0 Å². The molecule has 2 N–H and O–H groups in total. The number of ether oxygens (including phenoxy) is 1. The Morgan fingerprint density at radius 2 is 1.60 bits per heavy atom. The number of hydrogen-bond donors (Lipinski definition) is 2. The Bertz CT molecular complexity index is 209. The monoisotopic (exact) mass is 218 g/mol. The molecule has 0 bridgehead atoms. The number of rotatable bonds is 7. The van der Waals surface area contributed by atoms with Crippen LogP contribution in [0.5, 0.6) is 0 Å². The van der Waals surface area contributed by atoms with Crippen molar-refractivity contribution in [2.75, 3.05) is 19.8 Å². The molecule has 0 unspecified atom stereocenters. The van der Waals surface area contributed by atoms with E-state index in [2.05, 4.69) is 0 Å². The Morgan fingerprint density at radius 1 is 1.13 bits per heavy atom. The molecule has 0 aliphatic carbocycles. The maximum Gasteiger partial charge on any atom is 0.303 e. The number of hydrogen-bond acceptors (Lipinski definition) is 3. The van der Waals surface area contributed by atoms with E-state index in [-0.39, 0.29) is 23.9 Å². The van der Waals surface area contributed by atoms with E-state index in [0.29, 0.717) is 13.2 Å². The van der Waals surface area contributed by atoms with Gasteiger partial charge in [-0.3, -0.25) is 4.79 Å². The summed E-state index contributed by atoms with van der Waals surface area (Å²) in [4.78, 5) is 10.5. The van der Waals surface area contributed by atoms with Gasteiger partial charge in [-0.1, -0.05) is 27.7 Å². The van der Waals surface area contributed by atoms with Gasteiger partial charge in [-0.2, -0.15) is 0 Å². The van der Waals surface area contributed by atoms with Crippen LogP contribution in [-0.4, -0.2) is 36.0 Å². The van der Waals surface area contributed by atoms with E-state index in [1.165, 1.54) is 0 Å². The molecule has 0 spiro atoms. The predicted molar refractivity (Wildman–Crippen MR) is 57.7 cm³/mol. The summed E-state index contributed by atoms with van der Waals surface area (Å²) in [6.45, 7) is 8.40. The summed E-state index contributed by atoms with van der Waals surface area (Å²) in [5.41, 5.74) is -0.628. The standard InChI is InChI=1S/C11H22O4/c1-10(2,5-9(13)14)7-15-8-11(3,4)6-12/h12H,5-8H2,1-4H3,(H,13,14). The minimum Gasteiger partial charge on any atom is -0.481 e. The van der Waals surface area contributed by atoms with Crippen LogP contribution in [0, 0.1) is 10.8 Å². The summed E-state index contributed by atoms with van der Waals surface area (Å²) in [5.74, 6) is -0.815. The largest absolute Gasteiger partial charge is 0.481 e. The lowest BCUT2D eigenvalue weighted by molar-refractivity contribution is -0.140. The van der Waals surface area contributed by atoms with Gasteiger partial charge in [0, 0.05) is 5.41 Å². The Hall–Kier alpha value is -0.610. The van der Waals surface area contributed by atoms with Gasteiger partial charge in [0.05, 0.1) is 26.2 Å². The van der Waals surface area contributed by atoms with Crippen molar-refractivity contribution >= 4 is 5.97 Å². The molecule has 0 saturated heterocycles. The SMILES string of the molecule is CC(C)(CO)COCC(C)(C)CC(=O)O. The average Bonchev–Trinajstić information content (AvgIpc) is 2.00. The van der Waals surface area contributed by atoms with Crippen LogP contribution in [0.2, 0.25) is 0 Å². The van der Waals surface area contributed by atoms with E-state index in [1.54, 1.807) is 0 Å². The normalized spacial score (nSPS) is 12.9. The minimum absolute atomic E-state index is 0.0619. The van der Waals surface area contributed by atoms with Gasteiger partial charge >= 0.3 is 5.97 Å². The molecule has 0 amide bonds. The van der Waals surface area contributed by atoms with Crippen molar-refractivity contribution < 1.29 is 19.7 Å². The van der Waals surface area contributed by atoms with Gasteiger partial charge in [-0.05, 0) is 5.41 Å². The number of carbonyl (C=O) groups is 1. The van der Waals surface area contributed by atoms with Gasteiger partial charge in [0.25, 0.3) is 0 Å². The third-order valence-electron chi connectivity index (χ3n) is 2.04. The fourth-order valence-corrected chi connectivity index (χ4v) is 1.11.